The molecular formula is C15H26N2O3. The highest BCUT2D eigenvalue weighted by atomic mass is 16.4. The number of hydrogen-bond donors (Lipinski definition) is 2. The fourth-order valence-electron chi connectivity index (χ4n) is 3.79. The van der Waals surface area contributed by atoms with E-state index in [1.807, 2.05) is 13.8 Å². The van der Waals surface area contributed by atoms with Crippen molar-refractivity contribution < 1.29 is 14.7 Å². The molecule has 0 bridgehead atoms. The third-order valence-corrected chi connectivity index (χ3v) is 5.42. The first-order valence-corrected chi connectivity index (χ1v) is 7.64. The van der Waals surface area contributed by atoms with Crippen molar-refractivity contribution in [3.63, 3.8) is 0 Å². The van der Waals surface area contributed by atoms with Crippen LogP contribution in [0.1, 0.15) is 39.5 Å². The van der Waals surface area contributed by atoms with Gasteiger partial charge in [-0.2, -0.15) is 0 Å². The molecule has 1 aliphatic carbocycles. The predicted molar refractivity (Wildman–Crippen MR) is 76.0 cm³/mol. The molecule has 0 spiro atoms. The number of likely N-dealkylation sites (tertiary alicyclic amines) is 1. The number of aliphatic carboxylic acids is 1. The first kappa shape index (κ1) is 15.3. The molecule has 0 aromatic carbocycles. The summed E-state index contributed by atoms with van der Waals surface area (Å²) in [5, 5.41) is 9.54. The van der Waals surface area contributed by atoms with Crippen molar-refractivity contribution in [1.29, 1.82) is 0 Å². The van der Waals surface area contributed by atoms with Gasteiger partial charge < -0.3 is 15.7 Å². The zero-order chi connectivity index (χ0) is 14.9. The molecule has 1 saturated heterocycles. The summed E-state index contributed by atoms with van der Waals surface area (Å²) in [4.78, 5) is 26.0. The molecule has 5 heteroatoms. The van der Waals surface area contributed by atoms with E-state index >= 15 is 0 Å². The van der Waals surface area contributed by atoms with Crippen LogP contribution in [-0.4, -0.2) is 41.5 Å². The maximum absolute atomic E-state index is 12.6. The highest BCUT2D eigenvalue weighted by Crippen LogP contribution is 2.40. The molecule has 2 aliphatic rings. The summed E-state index contributed by atoms with van der Waals surface area (Å²) in [7, 11) is 0. The number of nitrogens with zero attached hydrogens (tertiary/aromatic N) is 1. The number of carbonyl (C=O) groups is 2. The number of hydrogen-bond acceptors (Lipinski definition) is 3. The van der Waals surface area contributed by atoms with Crippen LogP contribution in [-0.2, 0) is 9.59 Å². The Labute approximate surface area is 120 Å². The van der Waals surface area contributed by atoms with E-state index in [4.69, 9.17) is 5.73 Å². The molecule has 1 amide bonds. The van der Waals surface area contributed by atoms with Gasteiger partial charge >= 0.3 is 5.97 Å². The summed E-state index contributed by atoms with van der Waals surface area (Å²) in [6.07, 6.45) is 3.54. The van der Waals surface area contributed by atoms with Crippen LogP contribution in [0.25, 0.3) is 0 Å². The fraction of sp³-hybridized carbons (Fsp3) is 0.867. The maximum Gasteiger partial charge on any atom is 0.311 e. The lowest BCUT2D eigenvalue weighted by molar-refractivity contribution is -0.151. The molecule has 0 aromatic heterocycles. The SMILES string of the molecule is CC(C)C1(C(=O)O)CCN(C(=O)C2CCCC2CN)C1. The van der Waals surface area contributed by atoms with Crippen LogP contribution in [0.15, 0.2) is 0 Å². The molecule has 2 fully saturated rings. The first-order valence-electron chi connectivity index (χ1n) is 7.64. The normalized spacial score (nSPS) is 33.9. The molecule has 5 nitrogen and oxygen atoms in total. The van der Waals surface area contributed by atoms with Crippen LogP contribution < -0.4 is 5.73 Å². The molecule has 1 aliphatic heterocycles. The molecule has 0 aromatic rings. The van der Waals surface area contributed by atoms with Crippen molar-refractivity contribution >= 4 is 11.9 Å². The summed E-state index contributed by atoms with van der Waals surface area (Å²) in [6.45, 7) is 5.34. The van der Waals surface area contributed by atoms with Gasteiger partial charge in [0, 0.05) is 19.0 Å². The van der Waals surface area contributed by atoms with Crippen molar-refractivity contribution in [2.75, 3.05) is 19.6 Å². The van der Waals surface area contributed by atoms with E-state index in [0.717, 1.165) is 19.3 Å². The molecule has 114 valence electrons. The number of nitrogens with two attached hydrogens (primary N) is 1. The Morgan fingerprint density at radius 1 is 1.40 bits per heavy atom. The van der Waals surface area contributed by atoms with Gasteiger partial charge in [-0.05, 0) is 37.6 Å². The minimum atomic E-state index is -0.774. The van der Waals surface area contributed by atoms with Crippen molar-refractivity contribution in [2.24, 2.45) is 28.9 Å². The largest absolute Gasteiger partial charge is 0.481 e. The van der Waals surface area contributed by atoms with Crippen LogP contribution >= 0.6 is 0 Å². The van der Waals surface area contributed by atoms with E-state index in [2.05, 4.69) is 0 Å². The van der Waals surface area contributed by atoms with E-state index in [1.165, 1.54) is 0 Å². The van der Waals surface area contributed by atoms with Crippen molar-refractivity contribution in [3.05, 3.63) is 0 Å². The summed E-state index contributed by atoms with van der Waals surface area (Å²) in [6, 6.07) is 0. The third kappa shape index (κ3) is 2.43. The van der Waals surface area contributed by atoms with Gasteiger partial charge in [0.15, 0.2) is 0 Å². The van der Waals surface area contributed by atoms with Crippen molar-refractivity contribution in [1.82, 2.24) is 4.90 Å². The van der Waals surface area contributed by atoms with Crippen LogP contribution in [0, 0.1) is 23.2 Å². The lowest BCUT2D eigenvalue weighted by atomic mass is 9.76. The van der Waals surface area contributed by atoms with E-state index in [0.29, 0.717) is 26.1 Å². The highest BCUT2D eigenvalue weighted by Gasteiger charge is 2.49. The Morgan fingerprint density at radius 3 is 2.60 bits per heavy atom. The minimum absolute atomic E-state index is 0.0109. The van der Waals surface area contributed by atoms with Crippen molar-refractivity contribution in [2.45, 2.75) is 39.5 Å². The highest BCUT2D eigenvalue weighted by molar-refractivity contribution is 5.82. The van der Waals surface area contributed by atoms with Gasteiger partial charge in [-0.25, -0.2) is 0 Å². The number of amides is 1. The monoisotopic (exact) mass is 282 g/mol. The summed E-state index contributed by atoms with van der Waals surface area (Å²) in [5.74, 6) is -0.323. The smallest absolute Gasteiger partial charge is 0.311 e. The molecule has 3 unspecified atom stereocenters. The maximum atomic E-state index is 12.6. The van der Waals surface area contributed by atoms with Crippen LogP contribution in [0.4, 0.5) is 0 Å². The van der Waals surface area contributed by atoms with E-state index in [9.17, 15) is 14.7 Å². The van der Waals surface area contributed by atoms with Gasteiger partial charge in [-0.15, -0.1) is 0 Å². The molecule has 3 atom stereocenters. The summed E-state index contributed by atoms with van der Waals surface area (Å²) >= 11 is 0. The lowest BCUT2D eigenvalue weighted by Gasteiger charge is -2.30. The minimum Gasteiger partial charge on any atom is -0.481 e. The molecule has 3 N–H and O–H groups in total. The molecular weight excluding hydrogens is 256 g/mol. The quantitative estimate of drug-likeness (QED) is 0.814. The third-order valence-electron chi connectivity index (χ3n) is 5.42. The van der Waals surface area contributed by atoms with Crippen LogP contribution in [0.5, 0.6) is 0 Å². The van der Waals surface area contributed by atoms with E-state index in [1.54, 1.807) is 4.90 Å². The van der Waals surface area contributed by atoms with Gasteiger partial charge in [0.1, 0.15) is 0 Å². The zero-order valence-electron chi connectivity index (χ0n) is 12.5. The van der Waals surface area contributed by atoms with Crippen LogP contribution in [0.3, 0.4) is 0 Å². The molecule has 20 heavy (non-hydrogen) atoms. The first-order chi connectivity index (χ1) is 9.42. The Morgan fingerprint density at radius 2 is 2.10 bits per heavy atom. The average molecular weight is 282 g/mol. The lowest BCUT2D eigenvalue weighted by Crippen LogP contribution is -2.43. The van der Waals surface area contributed by atoms with Crippen LogP contribution in [0.2, 0.25) is 0 Å². The fourth-order valence-corrected chi connectivity index (χ4v) is 3.79. The summed E-state index contributed by atoms with van der Waals surface area (Å²) < 4.78 is 0. The summed E-state index contributed by atoms with van der Waals surface area (Å²) in [5.41, 5.74) is 4.97. The van der Waals surface area contributed by atoms with Gasteiger partial charge in [0.25, 0.3) is 0 Å². The number of rotatable bonds is 4. The Bertz CT molecular complexity index is 397. The number of carboxylic acids is 1. The van der Waals surface area contributed by atoms with Gasteiger partial charge in [-0.1, -0.05) is 20.3 Å². The molecule has 0 radical (unpaired) electrons. The van der Waals surface area contributed by atoms with Gasteiger partial charge in [-0.3, -0.25) is 9.59 Å². The molecule has 1 saturated carbocycles. The topological polar surface area (TPSA) is 83.6 Å². The number of carbonyl (C=O) groups excluding carboxylic acids is 1. The average Bonchev–Trinajstić information content (AvgIpc) is 3.05. The molecule has 1 heterocycles. The molecule has 2 rings (SSSR count). The zero-order valence-corrected chi connectivity index (χ0v) is 12.5. The van der Waals surface area contributed by atoms with Gasteiger partial charge in [0.2, 0.25) is 5.91 Å². The second kappa shape index (κ2) is 5.72. The second-order valence-electron chi connectivity index (χ2n) is 6.66. The predicted octanol–water partition coefficient (Wildman–Crippen LogP) is 1.32. The Balaban J connectivity index is 2.08. The van der Waals surface area contributed by atoms with Crippen molar-refractivity contribution in [3.8, 4) is 0 Å². The standard InChI is InChI=1S/C15H26N2O3/c1-10(2)15(14(19)20)6-7-17(9-15)13(18)12-5-3-4-11(12)8-16/h10-12H,3-9,16H2,1-2H3,(H,19,20). The second-order valence-corrected chi connectivity index (χ2v) is 6.66. The van der Waals surface area contributed by atoms with Gasteiger partial charge in [0.05, 0.1) is 5.41 Å². The Hall–Kier alpha value is -1.10. The number of carboxylic acid groups (broad SMARTS) is 1. The Kier molecular flexibility index (Phi) is 4.37. The van der Waals surface area contributed by atoms with E-state index < -0.39 is 11.4 Å². The van der Waals surface area contributed by atoms with E-state index in [-0.39, 0.29) is 23.7 Å².